The van der Waals surface area contributed by atoms with E-state index in [0.717, 1.165) is 4.90 Å². The van der Waals surface area contributed by atoms with Crippen LogP contribution < -0.4 is 10.2 Å². The van der Waals surface area contributed by atoms with Crippen LogP contribution in [0.2, 0.25) is 0 Å². The molecule has 0 aliphatic carbocycles. The van der Waals surface area contributed by atoms with Gasteiger partial charge in [0.05, 0.1) is 11.4 Å². The number of hydrogen-bond acceptors (Lipinski definition) is 4. The highest BCUT2D eigenvalue weighted by Crippen LogP contribution is 2.30. The van der Waals surface area contributed by atoms with Gasteiger partial charge in [-0.3, -0.25) is 19.8 Å². The Bertz CT molecular complexity index is 882. The summed E-state index contributed by atoms with van der Waals surface area (Å²) in [6, 6.07) is 1.93. The number of nitrogens with one attached hydrogen (secondary N) is 1. The molecule has 1 aromatic heterocycles. The molecular formula is C18H18F3N3O3. The smallest absolute Gasteiger partial charge is 0.249 e. The van der Waals surface area contributed by atoms with Crippen molar-refractivity contribution in [1.82, 2.24) is 5.16 Å². The summed E-state index contributed by atoms with van der Waals surface area (Å²) in [5, 5.41) is 6.39. The first-order valence-corrected chi connectivity index (χ1v) is 8.32. The SMILES string of the molecule is CC(C)(C)c1cc(NC(=O)[C@@H]2CCC(=O)N2c2cc(F)c(F)c(F)c2)on1. The Balaban J connectivity index is 1.83. The van der Waals surface area contributed by atoms with Gasteiger partial charge >= 0.3 is 0 Å². The number of anilines is 2. The van der Waals surface area contributed by atoms with Crippen LogP contribution in [-0.2, 0) is 15.0 Å². The maximum Gasteiger partial charge on any atom is 0.249 e. The maximum atomic E-state index is 13.5. The molecule has 1 fully saturated rings. The predicted molar refractivity (Wildman–Crippen MR) is 90.7 cm³/mol. The second kappa shape index (κ2) is 6.71. The van der Waals surface area contributed by atoms with Crippen molar-refractivity contribution in [1.29, 1.82) is 0 Å². The standard InChI is InChI=1S/C18H18F3N3O3/c1-18(2,3)13-8-14(27-23-13)22-17(26)12-4-5-15(25)24(12)9-6-10(19)16(21)11(20)7-9/h6-8,12H,4-5H2,1-3H3,(H,22,26)/t12-/m0/s1. The number of halogens is 3. The van der Waals surface area contributed by atoms with E-state index < -0.39 is 35.3 Å². The van der Waals surface area contributed by atoms with Gasteiger partial charge in [0, 0.05) is 30.0 Å². The summed E-state index contributed by atoms with van der Waals surface area (Å²) in [6.07, 6.45) is 0.161. The Morgan fingerprint density at radius 1 is 1.22 bits per heavy atom. The molecule has 1 aliphatic rings. The lowest BCUT2D eigenvalue weighted by Gasteiger charge is -2.24. The van der Waals surface area contributed by atoms with Crippen molar-refractivity contribution in [3.8, 4) is 0 Å². The second-order valence-electron chi connectivity index (χ2n) is 7.36. The minimum absolute atomic E-state index is 0.0162. The van der Waals surface area contributed by atoms with Gasteiger partial charge in [0.25, 0.3) is 0 Å². The summed E-state index contributed by atoms with van der Waals surface area (Å²) in [6.45, 7) is 5.77. The maximum absolute atomic E-state index is 13.5. The number of carbonyl (C=O) groups is 2. The predicted octanol–water partition coefficient (Wildman–Crippen LogP) is 3.52. The fourth-order valence-electron chi connectivity index (χ4n) is 2.83. The summed E-state index contributed by atoms with van der Waals surface area (Å²) in [4.78, 5) is 25.7. The Morgan fingerprint density at radius 3 is 2.41 bits per heavy atom. The van der Waals surface area contributed by atoms with Gasteiger partial charge in [-0.1, -0.05) is 25.9 Å². The summed E-state index contributed by atoms with van der Waals surface area (Å²) >= 11 is 0. The van der Waals surface area contributed by atoms with Crippen LogP contribution in [0.3, 0.4) is 0 Å². The highest BCUT2D eigenvalue weighted by molar-refractivity contribution is 6.07. The van der Waals surface area contributed by atoms with Gasteiger partial charge in [-0.05, 0) is 6.42 Å². The number of carbonyl (C=O) groups excluding carboxylic acids is 2. The van der Waals surface area contributed by atoms with E-state index in [2.05, 4.69) is 10.5 Å². The first-order valence-electron chi connectivity index (χ1n) is 8.32. The lowest BCUT2D eigenvalue weighted by Crippen LogP contribution is -2.41. The molecule has 2 aromatic rings. The van der Waals surface area contributed by atoms with Crippen molar-refractivity contribution in [2.24, 2.45) is 0 Å². The zero-order valence-electron chi connectivity index (χ0n) is 15.0. The van der Waals surface area contributed by atoms with Crippen LogP contribution in [0.1, 0.15) is 39.3 Å². The fourth-order valence-corrected chi connectivity index (χ4v) is 2.83. The largest absolute Gasteiger partial charge is 0.338 e. The monoisotopic (exact) mass is 381 g/mol. The molecule has 1 saturated heterocycles. The average molecular weight is 381 g/mol. The minimum atomic E-state index is -1.64. The van der Waals surface area contributed by atoms with E-state index in [-0.39, 0.29) is 29.8 Å². The molecule has 3 rings (SSSR count). The van der Waals surface area contributed by atoms with Gasteiger partial charge in [0.15, 0.2) is 17.5 Å². The number of amides is 2. The molecule has 6 nitrogen and oxygen atoms in total. The second-order valence-corrected chi connectivity index (χ2v) is 7.36. The van der Waals surface area contributed by atoms with Gasteiger partial charge in [0.1, 0.15) is 6.04 Å². The molecule has 1 N–H and O–H groups in total. The van der Waals surface area contributed by atoms with E-state index in [1.165, 1.54) is 0 Å². The molecule has 1 aliphatic heterocycles. The summed E-state index contributed by atoms with van der Waals surface area (Å²) in [7, 11) is 0. The van der Waals surface area contributed by atoms with Crippen LogP contribution in [0.25, 0.3) is 0 Å². The third kappa shape index (κ3) is 3.67. The number of aromatic nitrogens is 1. The highest BCUT2D eigenvalue weighted by atomic mass is 19.2. The fraction of sp³-hybridized carbons (Fsp3) is 0.389. The van der Waals surface area contributed by atoms with Crippen molar-refractivity contribution in [3.63, 3.8) is 0 Å². The van der Waals surface area contributed by atoms with Gasteiger partial charge in [-0.25, -0.2) is 13.2 Å². The number of nitrogens with zero attached hydrogens (tertiary/aromatic N) is 2. The van der Waals surface area contributed by atoms with E-state index in [1.807, 2.05) is 20.8 Å². The van der Waals surface area contributed by atoms with Gasteiger partial charge in [-0.2, -0.15) is 0 Å². The first kappa shape index (κ1) is 18.9. The molecular weight excluding hydrogens is 363 g/mol. The van der Waals surface area contributed by atoms with E-state index >= 15 is 0 Å². The van der Waals surface area contributed by atoms with E-state index in [1.54, 1.807) is 6.07 Å². The van der Waals surface area contributed by atoms with Gasteiger partial charge in [0.2, 0.25) is 17.7 Å². The number of rotatable bonds is 3. The molecule has 2 heterocycles. The molecule has 1 aromatic carbocycles. The van der Waals surface area contributed by atoms with E-state index in [0.29, 0.717) is 17.8 Å². The highest BCUT2D eigenvalue weighted by Gasteiger charge is 2.38. The van der Waals surface area contributed by atoms with Crippen molar-refractivity contribution < 1.29 is 27.3 Å². The van der Waals surface area contributed by atoms with Gasteiger partial charge < -0.3 is 4.52 Å². The van der Waals surface area contributed by atoms with Crippen molar-refractivity contribution in [2.45, 2.75) is 45.1 Å². The van der Waals surface area contributed by atoms with E-state index in [4.69, 9.17) is 4.52 Å². The quantitative estimate of drug-likeness (QED) is 0.826. The molecule has 0 unspecified atom stereocenters. The summed E-state index contributed by atoms with van der Waals surface area (Å²) in [5.74, 6) is -5.50. The lowest BCUT2D eigenvalue weighted by molar-refractivity contribution is -0.120. The zero-order valence-corrected chi connectivity index (χ0v) is 15.0. The number of benzene rings is 1. The molecule has 1 atom stereocenters. The molecule has 27 heavy (non-hydrogen) atoms. The Hall–Kier alpha value is -2.84. The first-order chi connectivity index (χ1) is 12.6. The third-order valence-electron chi connectivity index (χ3n) is 4.29. The normalized spacial score (nSPS) is 17.5. The topological polar surface area (TPSA) is 75.4 Å². The van der Waals surface area contributed by atoms with Crippen molar-refractivity contribution in [3.05, 3.63) is 41.3 Å². The molecule has 0 spiro atoms. The number of hydrogen-bond donors (Lipinski definition) is 1. The van der Waals surface area contributed by atoms with Crippen LogP contribution in [0.5, 0.6) is 0 Å². The summed E-state index contributed by atoms with van der Waals surface area (Å²) < 4.78 is 45.3. The van der Waals surface area contributed by atoms with Crippen molar-refractivity contribution >= 4 is 23.4 Å². The molecule has 9 heteroatoms. The lowest BCUT2D eigenvalue weighted by atomic mass is 9.92. The summed E-state index contributed by atoms with van der Waals surface area (Å²) in [5.41, 5.74) is 0.118. The molecule has 0 saturated carbocycles. The van der Waals surface area contributed by atoms with E-state index in [9.17, 15) is 22.8 Å². The molecule has 0 radical (unpaired) electrons. The van der Waals surface area contributed by atoms with Crippen LogP contribution >= 0.6 is 0 Å². The Labute approximate surface area is 153 Å². The van der Waals surface area contributed by atoms with Crippen LogP contribution in [-0.4, -0.2) is 23.0 Å². The van der Waals surface area contributed by atoms with Crippen LogP contribution in [0, 0.1) is 17.5 Å². The Kier molecular flexibility index (Phi) is 4.71. The van der Waals surface area contributed by atoms with Crippen LogP contribution in [0.15, 0.2) is 22.7 Å². The zero-order chi connectivity index (χ0) is 19.9. The van der Waals surface area contributed by atoms with Gasteiger partial charge in [-0.15, -0.1) is 0 Å². The third-order valence-corrected chi connectivity index (χ3v) is 4.29. The van der Waals surface area contributed by atoms with Crippen molar-refractivity contribution in [2.75, 3.05) is 10.2 Å². The van der Waals surface area contributed by atoms with Crippen LogP contribution in [0.4, 0.5) is 24.7 Å². The molecule has 144 valence electrons. The molecule has 2 amide bonds. The minimum Gasteiger partial charge on any atom is -0.338 e. The Morgan fingerprint density at radius 2 is 1.85 bits per heavy atom. The molecule has 0 bridgehead atoms. The average Bonchev–Trinajstić information content (AvgIpc) is 3.18.